The molecule has 1 nitrogen and oxygen atoms in total. The van der Waals surface area contributed by atoms with Crippen LogP contribution in [0.1, 0.15) is 0 Å². The summed E-state index contributed by atoms with van der Waals surface area (Å²) in [5, 5.41) is 4.31. The summed E-state index contributed by atoms with van der Waals surface area (Å²) in [4.78, 5) is 7.75. The van der Waals surface area contributed by atoms with Crippen molar-refractivity contribution in [2.24, 2.45) is 0 Å². The predicted octanol–water partition coefficient (Wildman–Crippen LogP) is 2.11. The zero-order valence-corrected chi connectivity index (χ0v) is 16.5. The molecule has 0 spiro atoms. The van der Waals surface area contributed by atoms with Crippen LogP contribution >= 0.6 is 0 Å². The van der Waals surface area contributed by atoms with Crippen LogP contribution in [0.5, 0.6) is 0 Å². The van der Waals surface area contributed by atoms with E-state index in [9.17, 15) is 0 Å². The van der Waals surface area contributed by atoms with Crippen LogP contribution in [-0.4, -0.2) is 15.6 Å². The molecule has 0 aliphatic heterocycles. The standard InChI is InChI=1S/C18H15Si.CHO.CH3.Ir.H/c1-4-10-16(11-5-1)19(17-12-6-2-7-13-17)18-14-8-3-9-15-18;1-2;;;/h1-15H;1H;1H3;;/q;2*-1;+2;. The Labute approximate surface area is 154 Å². The van der Waals surface area contributed by atoms with Crippen molar-refractivity contribution >= 4 is 31.1 Å². The Morgan fingerprint density at radius 3 is 0.957 bits per heavy atom. The quantitative estimate of drug-likeness (QED) is 0.235. The number of hydrogen-bond donors (Lipinski definition) is 0. The Kier molecular flexibility index (Phi) is 10.8. The molecule has 0 aliphatic carbocycles. The van der Waals surface area contributed by atoms with Crippen molar-refractivity contribution in [2.45, 2.75) is 0 Å². The van der Waals surface area contributed by atoms with E-state index in [0.29, 0.717) is 0 Å². The van der Waals surface area contributed by atoms with Gasteiger partial charge < -0.3 is 12.2 Å². The second kappa shape index (κ2) is 11.7. The number of rotatable bonds is 3. The van der Waals surface area contributed by atoms with E-state index < -0.39 is 8.80 Å². The molecule has 0 heterocycles. The molecule has 0 saturated carbocycles. The molecule has 0 bridgehead atoms. The van der Waals surface area contributed by atoms with Gasteiger partial charge >= 0.3 is 20.1 Å². The maximum absolute atomic E-state index is 7.75. The monoisotopic (exact) mass is 497 g/mol. The third kappa shape index (κ3) is 5.72. The Morgan fingerprint density at radius 1 is 0.522 bits per heavy atom. The first-order chi connectivity index (χ1) is 10.4. The van der Waals surface area contributed by atoms with Crippen molar-refractivity contribution in [1.82, 2.24) is 0 Å². The molecular formula is C20H20IrOSi. The summed E-state index contributed by atoms with van der Waals surface area (Å²) in [5.74, 6) is 0. The van der Waals surface area contributed by atoms with Gasteiger partial charge in [-0.15, -0.1) is 0 Å². The Hall–Kier alpha value is -1.80. The van der Waals surface area contributed by atoms with Crippen molar-refractivity contribution in [3.8, 4) is 0 Å². The Balaban J connectivity index is 0.00000117. The molecule has 0 unspecified atom stereocenters. The van der Waals surface area contributed by atoms with Gasteiger partial charge in [-0.1, -0.05) is 107 Å². The average Bonchev–Trinajstić information content (AvgIpc) is 2.60. The molecule has 0 saturated heterocycles. The second-order valence-electron chi connectivity index (χ2n) is 4.47. The molecule has 0 aliphatic rings. The van der Waals surface area contributed by atoms with Crippen LogP contribution in [-0.2, 0) is 24.9 Å². The van der Waals surface area contributed by atoms with E-state index >= 15 is 0 Å². The number of hydrogen-bond acceptors (Lipinski definition) is 1. The smallest absolute Gasteiger partial charge is 0.0624 e. The first-order valence-electron chi connectivity index (χ1n) is 6.72. The van der Waals surface area contributed by atoms with Gasteiger partial charge in [-0.2, -0.15) is 0 Å². The topological polar surface area (TPSA) is 17.1 Å². The fraction of sp³-hybridized carbons (Fsp3) is 0. The van der Waals surface area contributed by atoms with Gasteiger partial charge in [0.25, 0.3) is 0 Å². The van der Waals surface area contributed by atoms with Crippen LogP contribution in [0.4, 0.5) is 0 Å². The molecule has 0 amide bonds. The molecule has 0 fully saturated rings. The number of benzene rings is 3. The Morgan fingerprint density at radius 2 is 0.739 bits per heavy atom. The summed E-state index contributed by atoms with van der Waals surface area (Å²) < 4.78 is 0. The van der Waals surface area contributed by atoms with Crippen LogP contribution in [0, 0.1) is 7.43 Å². The van der Waals surface area contributed by atoms with Gasteiger partial charge in [-0.05, 0) is 0 Å². The van der Waals surface area contributed by atoms with E-state index in [0.717, 1.165) is 0 Å². The van der Waals surface area contributed by atoms with Crippen LogP contribution in [0.25, 0.3) is 0 Å². The predicted molar refractivity (Wildman–Crippen MR) is 98.5 cm³/mol. The summed E-state index contributed by atoms with van der Waals surface area (Å²) in [6, 6.07) is 32.5. The van der Waals surface area contributed by atoms with Crippen molar-refractivity contribution < 1.29 is 24.9 Å². The van der Waals surface area contributed by atoms with Gasteiger partial charge in [0, 0.05) is 0 Å². The van der Waals surface area contributed by atoms with Crippen molar-refractivity contribution in [2.75, 3.05) is 0 Å². The van der Waals surface area contributed by atoms with Crippen molar-refractivity contribution in [3.63, 3.8) is 0 Å². The molecule has 3 aromatic rings. The zero-order chi connectivity index (χ0) is 14.9. The molecule has 3 aromatic carbocycles. The van der Waals surface area contributed by atoms with Gasteiger partial charge in [-0.25, -0.2) is 0 Å². The second-order valence-corrected chi connectivity index (χ2v) is 6.96. The van der Waals surface area contributed by atoms with Gasteiger partial charge in [0.2, 0.25) is 0 Å². The van der Waals surface area contributed by atoms with Gasteiger partial charge in [0.05, 0.1) is 0 Å². The average molecular weight is 497 g/mol. The molecule has 2 radical (unpaired) electrons. The van der Waals surface area contributed by atoms with Crippen molar-refractivity contribution in [1.29, 1.82) is 0 Å². The first-order valence-corrected chi connectivity index (χ1v) is 8.22. The molecule has 3 rings (SSSR count). The minimum atomic E-state index is -0.877. The fourth-order valence-corrected chi connectivity index (χ4v) is 4.89. The van der Waals surface area contributed by atoms with E-state index in [2.05, 4.69) is 97.8 Å². The fourth-order valence-electron chi connectivity index (χ4n) is 2.31. The van der Waals surface area contributed by atoms with Gasteiger partial charge in [0.15, 0.2) is 8.80 Å². The first kappa shape index (κ1) is 21.2. The van der Waals surface area contributed by atoms with Crippen LogP contribution in [0.15, 0.2) is 91.0 Å². The van der Waals surface area contributed by atoms with Gasteiger partial charge in [0.1, 0.15) is 0 Å². The summed E-state index contributed by atoms with van der Waals surface area (Å²) >= 11 is 0. The van der Waals surface area contributed by atoms with E-state index in [4.69, 9.17) is 4.79 Å². The summed E-state index contributed by atoms with van der Waals surface area (Å²) in [6.45, 7) is 3.25. The summed E-state index contributed by atoms with van der Waals surface area (Å²) in [6.07, 6.45) is 0. The summed E-state index contributed by atoms with van der Waals surface area (Å²) in [5.41, 5.74) is 0. The molecule has 0 aromatic heterocycles. The molecule has 0 N–H and O–H groups in total. The van der Waals surface area contributed by atoms with Crippen LogP contribution in [0.2, 0.25) is 0 Å². The van der Waals surface area contributed by atoms with Gasteiger partial charge in [-0.3, -0.25) is 6.79 Å². The summed E-state index contributed by atoms with van der Waals surface area (Å²) in [7, 11) is -0.877. The van der Waals surface area contributed by atoms with Crippen LogP contribution in [0.3, 0.4) is 0 Å². The van der Waals surface area contributed by atoms with Crippen LogP contribution < -0.4 is 15.6 Å². The van der Waals surface area contributed by atoms with E-state index in [1.165, 1.54) is 15.6 Å². The third-order valence-corrected chi connectivity index (χ3v) is 5.92. The maximum atomic E-state index is 7.75. The van der Waals surface area contributed by atoms with Crippen molar-refractivity contribution in [3.05, 3.63) is 98.4 Å². The SMILES string of the molecule is [CH-]=O.[CH3-].[IrH+2].c1ccc([Si](c2ccccc2)c2ccccc2)cc1. The number of carbonyl (C=O) groups excluding carboxylic acids is 1. The molecule has 23 heavy (non-hydrogen) atoms. The minimum Gasteiger partial charge on any atom is -0.0624 e. The zero-order valence-electron chi connectivity index (χ0n) is 13.0. The van der Waals surface area contributed by atoms with E-state index in [-0.39, 0.29) is 27.5 Å². The van der Waals surface area contributed by atoms with E-state index in [1.807, 2.05) is 0 Å². The third-order valence-electron chi connectivity index (χ3n) is 3.19. The normalized spacial score (nSPS) is 8.91. The minimum absolute atomic E-state index is 0. The largest absolute Gasteiger partial charge is 0.154 e. The molecule has 0 atom stereocenters. The maximum Gasteiger partial charge on any atom is 0.154 e. The molecule has 3 heteroatoms. The molecular weight excluding hydrogens is 477 g/mol. The Bertz CT molecular complexity index is 550. The van der Waals surface area contributed by atoms with E-state index in [1.54, 1.807) is 0 Å². The molecule has 119 valence electrons.